The van der Waals surface area contributed by atoms with Gasteiger partial charge in [-0.25, -0.2) is 0 Å². The molecule has 3 nitrogen and oxygen atoms in total. The lowest BCUT2D eigenvalue weighted by atomic mass is 10.0. The number of nitrogens with one attached hydrogen (secondary N) is 1. The maximum atomic E-state index is 5.50. The summed E-state index contributed by atoms with van der Waals surface area (Å²) < 4.78 is 7.75. The average molecular weight is 246 g/mol. The first kappa shape index (κ1) is 13.0. The van der Waals surface area contributed by atoms with Gasteiger partial charge in [0.05, 0.1) is 12.6 Å². The van der Waals surface area contributed by atoms with Crippen molar-refractivity contribution in [3.05, 3.63) is 29.0 Å². The fourth-order valence-electron chi connectivity index (χ4n) is 2.90. The zero-order valence-electron chi connectivity index (χ0n) is 12.1. The largest absolute Gasteiger partial charge is 0.495 e. The van der Waals surface area contributed by atoms with Crippen LogP contribution in [0.15, 0.2) is 12.1 Å². The molecule has 0 aliphatic carbocycles. The van der Waals surface area contributed by atoms with Gasteiger partial charge in [0.1, 0.15) is 5.75 Å². The molecule has 0 saturated carbocycles. The zero-order valence-corrected chi connectivity index (χ0v) is 12.1. The summed E-state index contributed by atoms with van der Waals surface area (Å²) in [5.74, 6) is 0.941. The number of rotatable bonds is 3. The van der Waals surface area contributed by atoms with Gasteiger partial charge in [-0.05, 0) is 45.0 Å². The molecule has 1 atom stereocenters. The van der Waals surface area contributed by atoms with E-state index in [9.17, 15) is 0 Å². The van der Waals surface area contributed by atoms with Gasteiger partial charge in [-0.1, -0.05) is 6.07 Å². The smallest absolute Gasteiger partial charge is 0.143 e. The number of hydrogen-bond acceptors (Lipinski definition) is 2. The summed E-state index contributed by atoms with van der Waals surface area (Å²) >= 11 is 0. The van der Waals surface area contributed by atoms with Crippen molar-refractivity contribution in [3.63, 3.8) is 0 Å². The standard InChI is InChI=1S/C15H22N2O/c1-9-7-8-12(18-6)15-13(9)10(2)14(17(15)5)11(3)16-4/h7-8,11,16H,1-6H3. The number of fused-ring (bicyclic) bond motifs is 1. The minimum absolute atomic E-state index is 0.325. The quantitative estimate of drug-likeness (QED) is 0.900. The third kappa shape index (κ3) is 1.70. The molecule has 98 valence electrons. The Morgan fingerprint density at radius 3 is 2.50 bits per heavy atom. The Kier molecular flexibility index (Phi) is 3.35. The second kappa shape index (κ2) is 4.65. The molecule has 0 radical (unpaired) electrons. The summed E-state index contributed by atoms with van der Waals surface area (Å²) in [7, 11) is 5.83. The molecule has 0 saturated heterocycles. The molecule has 0 bridgehead atoms. The SMILES string of the molecule is CNC(C)c1c(C)c2c(C)ccc(OC)c2n1C. The molecule has 18 heavy (non-hydrogen) atoms. The molecule has 2 rings (SSSR count). The van der Waals surface area contributed by atoms with Crippen molar-refractivity contribution in [3.8, 4) is 5.75 Å². The van der Waals surface area contributed by atoms with Gasteiger partial charge >= 0.3 is 0 Å². The van der Waals surface area contributed by atoms with Crippen LogP contribution in [0.4, 0.5) is 0 Å². The summed E-state index contributed by atoms with van der Waals surface area (Å²) in [5, 5.41) is 4.63. The van der Waals surface area contributed by atoms with E-state index >= 15 is 0 Å². The molecular formula is C15H22N2O. The van der Waals surface area contributed by atoms with Gasteiger partial charge in [-0.3, -0.25) is 0 Å². The maximum absolute atomic E-state index is 5.50. The van der Waals surface area contributed by atoms with Crippen molar-refractivity contribution < 1.29 is 4.74 Å². The van der Waals surface area contributed by atoms with Gasteiger partial charge in [0.25, 0.3) is 0 Å². The first-order valence-corrected chi connectivity index (χ1v) is 6.32. The van der Waals surface area contributed by atoms with Crippen molar-refractivity contribution in [1.82, 2.24) is 9.88 Å². The highest BCUT2D eigenvalue weighted by atomic mass is 16.5. The van der Waals surface area contributed by atoms with E-state index in [1.165, 1.54) is 27.7 Å². The molecule has 1 N–H and O–H groups in total. The lowest BCUT2D eigenvalue weighted by Crippen LogP contribution is -2.16. The number of hydrogen-bond donors (Lipinski definition) is 1. The van der Waals surface area contributed by atoms with Crippen LogP contribution < -0.4 is 10.1 Å². The lowest BCUT2D eigenvalue weighted by Gasteiger charge is -2.14. The van der Waals surface area contributed by atoms with Gasteiger partial charge in [-0.15, -0.1) is 0 Å². The Morgan fingerprint density at radius 1 is 1.28 bits per heavy atom. The Morgan fingerprint density at radius 2 is 1.94 bits per heavy atom. The monoisotopic (exact) mass is 246 g/mol. The average Bonchev–Trinajstić information content (AvgIpc) is 2.63. The minimum Gasteiger partial charge on any atom is -0.495 e. The molecular weight excluding hydrogens is 224 g/mol. The van der Waals surface area contributed by atoms with E-state index < -0.39 is 0 Å². The number of aryl methyl sites for hydroxylation is 3. The summed E-state index contributed by atoms with van der Waals surface area (Å²) in [4.78, 5) is 0. The second-order valence-electron chi connectivity index (χ2n) is 4.89. The van der Waals surface area contributed by atoms with E-state index in [0.717, 1.165) is 5.75 Å². The molecule has 2 aromatic rings. The molecule has 1 heterocycles. The highest BCUT2D eigenvalue weighted by molar-refractivity contribution is 5.93. The first-order chi connectivity index (χ1) is 8.52. The number of methoxy groups -OCH3 is 1. The van der Waals surface area contributed by atoms with Crippen LogP contribution in [0.5, 0.6) is 5.75 Å². The normalized spacial score (nSPS) is 13.0. The van der Waals surface area contributed by atoms with Crippen LogP contribution in [-0.2, 0) is 7.05 Å². The number of benzene rings is 1. The van der Waals surface area contributed by atoms with E-state index in [-0.39, 0.29) is 0 Å². The maximum Gasteiger partial charge on any atom is 0.143 e. The Bertz CT molecular complexity index is 584. The molecule has 0 aliphatic heterocycles. The molecule has 1 aromatic carbocycles. The van der Waals surface area contributed by atoms with Gasteiger partial charge < -0.3 is 14.6 Å². The molecule has 3 heteroatoms. The Hall–Kier alpha value is -1.48. The van der Waals surface area contributed by atoms with Crippen LogP contribution >= 0.6 is 0 Å². The molecule has 1 unspecified atom stereocenters. The van der Waals surface area contributed by atoms with Gasteiger partial charge in [-0.2, -0.15) is 0 Å². The third-order valence-electron chi connectivity index (χ3n) is 3.87. The topological polar surface area (TPSA) is 26.2 Å². The van der Waals surface area contributed by atoms with Crippen molar-refractivity contribution in [2.75, 3.05) is 14.2 Å². The van der Waals surface area contributed by atoms with Crippen molar-refractivity contribution in [2.45, 2.75) is 26.8 Å². The van der Waals surface area contributed by atoms with Gasteiger partial charge in [0.2, 0.25) is 0 Å². The molecule has 1 aromatic heterocycles. The fraction of sp³-hybridized carbons (Fsp3) is 0.467. The zero-order chi connectivity index (χ0) is 13.4. The van der Waals surface area contributed by atoms with E-state index in [1.54, 1.807) is 7.11 Å². The minimum atomic E-state index is 0.325. The first-order valence-electron chi connectivity index (χ1n) is 6.32. The number of nitrogens with zero attached hydrogens (tertiary/aromatic N) is 1. The fourth-order valence-corrected chi connectivity index (χ4v) is 2.90. The lowest BCUT2D eigenvalue weighted by molar-refractivity contribution is 0.417. The van der Waals surface area contributed by atoms with E-state index in [2.05, 4.69) is 43.8 Å². The van der Waals surface area contributed by atoms with Gasteiger partial charge in [0, 0.05) is 24.2 Å². The third-order valence-corrected chi connectivity index (χ3v) is 3.87. The summed E-state index contributed by atoms with van der Waals surface area (Å²) in [6, 6.07) is 4.50. The Balaban J connectivity index is 2.88. The van der Waals surface area contributed by atoms with Crippen LogP contribution in [0, 0.1) is 13.8 Å². The summed E-state index contributed by atoms with van der Waals surface area (Å²) in [6.07, 6.45) is 0. The van der Waals surface area contributed by atoms with E-state index in [1.807, 2.05) is 13.1 Å². The van der Waals surface area contributed by atoms with Crippen molar-refractivity contribution >= 4 is 10.9 Å². The number of aromatic nitrogens is 1. The summed E-state index contributed by atoms with van der Waals surface area (Å²) in [5.41, 5.74) is 5.14. The molecule has 0 aliphatic rings. The van der Waals surface area contributed by atoms with Crippen LogP contribution in [0.25, 0.3) is 10.9 Å². The molecule has 0 fully saturated rings. The predicted octanol–water partition coefficient (Wildman–Crippen LogP) is 3.08. The van der Waals surface area contributed by atoms with Crippen LogP contribution in [0.1, 0.15) is 29.8 Å². The van der Waals surface area contributed by atoms with Crippen molar-refractivity contribution in [1.29, 1.82) is 0 Å². The summed E-state index contributed by atoms with van der Waals surface area (Å²) in [6.45, 7) is 6.53. The second-order valence-corrected chi connectivity index (χ2v) is 4.89. The predicted molar refractivity (Wildman–Crippen MR) is 76.4 cm³/mol. The Labute approximate surface area is 109 Å². The molecule has 0 spiro atoms. The van der Waals surface area contributed by atoms with E-state index in [0.29, 0.717) is 6.04 Å². The highest BCUT2D eigenvalue weighted by Gasteiger charge is 2.19. The van der Waals surface area contributed by atoms with Crippen LogP contribution in [0.3, 0.4) is 0 Å². The molecule has 0 amide bonds. The van der Waals surface area contributed by atoms with Crippen LogP contribution in [0.2, 0.25) is 0 Å². The number of ether oxygens (including phenoxy) is 1. The van der Waals surface area contributed by atoms with Gasteiger partial charge in [0.15, 0.2) is 0 Å². The highest BCUT2D eigenvalue weighted by Crippen LogP contribution is 2.36. The van der Waals surface area contributed by atoms with Crippen LogP contribution in [-0.4, -0.2) is 18.7 Å². The van der Waals surface area contributed by atoms with E-state index in [4.69, 9.17) is 4.74 Å². The van der Waals surface area contributed by atoms with Crippen molar-refractivity contribution in [2.24, 2.45) is 7.05 Å².